The van der Waals surface area contributed by atoms with Crippen LogP contribution in [0.1, 0.15) is 21.5 Å². The second-order valence-corrected chi connectivity index (χ2v) is 5.12. The number of amides is 1. The molecule has 0 saturated heterocycles. The lowest BCUT2D eigenvalue weighted by Gasteiger charge is -2.05. The van der Waals surface area contributed by atoms with E-state index in [0.29, 0.717) is 17.7 Å². The van der Waals surface area contributed by atoms with Crippen LogP contribution in [0, 0.1) is 5.82 Å². The Kier molecular flexibility index (Phi) is 4.76. The van der Waals surface area contributed by atoms with Gasteiger partial charge in [-0.3, -0.25) is 9.48 Å². The van der Waals surface area contributed by atoms with Crippen molar-refractivity contribution in [3.05, 3.63) is 89.5 Å². The van der Waals surface area contributed by atoms with E-state index in [-0.39, 0.29) is 5.91 Å². The summed E-state index contributed by atoms with van der Waals surface area (Å²) in [5.41, 5.74) is 4.14. The van der Waals surface area contributed by atoms with Crippen molar-refractivity contribution >= 4 is 12.1 Å². The molecule has 1 amide bonds. The zero-order valence-electron chi connectivity index (χ0n) is 12.8. The number of nitrogens with one attached hydrogen (secondary N) is 1. The summed E-state index contributed by atoms with van der Waals surface area (Å²) in [6, 6.07) is 15.2. The van der Waals surface area contributed by atoms with Crippen LogP contribution < -0.4 is 5.43 Å². The Labute approximate surface area is 138 Å². The van der Waals surface area contributed by atoms with E-state index in [1.165, 1.54) is 12.3 Å². The average molecular weight is 322 g/mol. The summed E-state index contributed by atoms with van der Waals surface area (Å²) >= 11 is 0. The predicted octanol–water partition coefficient (Wildman–Crippen LogP) is 2.83. The first kappa shape index (κ1) is 15.6. The van der Waals surface area contributed by atoms with Gasteiger partial charge in [-0.1, -0.05) is 30.3 Å². The van der Waals surface area contributed by atoms with Crippen LogP contribution in [0.4, 0.5) is 4.39 Å². The average Bonchev–Trinajstić information content (AvgIpc) is 3.10. The molecular weight excluding hydrogens is 307 g/mol. The van der Waals surface area contributed by atoms with Gasteiger partial charge in [0.1, 0.15) is 5.82 Å². The first-order chi connectivity index (χ1) is 11.7. The normalized spacial score (nSPS) is 10.9. The molecule has 3 aromatic rings. The van der Waals surface area contributed by atoms with Crippen LogP contribution in [-0.4, -0.2) is 21.9 Å². The van der Waals surface area contributed by atoms with Gasteiger partial charge in [0.15, 0.2) is 0 Å². The molecule has 5 nitrogen and oxygen atoms in total. The highest BCUT2D eigenvalue weighted by atomic mass is 19.1. The fourth-order valence-electron chi connectivity index (χ4n) is 2.20. The highest BCUT2D eigenvalue weighted by Crippen LogP contribution is 2.07. The van der Waals surface area contributed by atoms with Gasteiger partial charge >= 0.3 is 0 Å². The number of nitrogens with zero attached hydrogens (tertiary/aromatic N) is 3. The van der Waals surface area contributed by atoms with Crippen molar-refractivity contribution in [1.82, 2.24) is 15.2 Å². The van der Waals surface area contributed by atoms with Crippen LogP contribution in [0.25, 0.3) is 0 Å². The highest BCUT2D eigenvalue weighted by Gasteiger charge is 2.06. The molecule has 3 rings (SSSR count). The lowest BCUT2D eigenvalue weighted by atomic mass is 10.1. The molecule has 0 aliphatic carbocycles. The maximum Gasteiger partial charge on any atom is 0.271 e. The van der Waals surface area contributed by atoms with Gasteiger partial charge in [-0.05, 0) is 29.8 Å². The summed E-state index contributed by atoms with van der Waals surface area (Å²) in [5.74, 6) is -0.748. The Hall–Kier alpha value is -3.28. The summed E-state index contributed by atoms with van der Waals surface area (Å²) < 4.78 is 15.2. The predicted molar refractivity (Wildman–Crippen MR) is 89.2 cm³/mol. The van der Waals surface area contributed by atoms with Crippen LogP contribution in [-0.2, 0) is 6.54 Å². The van der Waals surface area contributed by atoms with E-state index in [1.54, 1.807) is 47.3 Å². The minimum Gasteiger partial charge on any atom is -0.268 e. The molecule has 1 heterocycles. The zero-order valence-corrected chi connectivity index (χ0v) is 12.8. The topological polar surface area (TPSA) is 59.3 Å². The molecule has 0 spiro atoms. The lowest BCUT2D eigenvalue weighted by molar-refractivity contribution is 0.0955. The maximum absolute atomic E-state index is 13.5. The fourth-order valence-corrected chi connectivity index (χ4v) is 2.20. The maximum atomic E-state index is 13.5. The number of rotatable bonds is 5. The molecule has 0 fully saturated rings. The lowest BCUT2D eigenvalue weighted by Crippen LogP contribution is -2.18. The summed E-state index contributed by atoms with van der Waals surface area (Å²) in [7, 11) is 0. The largest absolute Gasteiger partial charge is 0.271 e. The molecule has 0 bridgehead atoms. The molecule has 0 radical (unpaired) electrons. The third kappa shape index (κ3) is 3.92. The number of hydrazone groups is 1. The van der Waals surface area contributed by atoms with Crippen LogP contribution in [0.2, 0.25) is 0 Å². The van der Waals surface area contributed by atoms with Crippen molar-refractivity contribution in [2.24, 2.45) is 5.10 Å². The van der Waals surface area contributed by atoms with E-state index in [4.69, 9.17) is 0 Å². The van der Waals surface area contributed by atoms with Crippen molar-refractivity contribution in [3.63, 3.8) is 0 Å². The standard InChI is InChI=1S/C18H15FN4O/c19-17-8-2-1-6-16(17)12-20-22-18(24)15-7-3-5-14(11-15)13-23-10-4-9-21-23/h1-12H,13H2,(H,22,24). The molecule has 0 saturated carbocycles. The van der Waals surface area contributed by atoms with Gasteiger partial charge in [0, 0.05) is 23.5 Å². The third-order valence-electron chi connectivity index (χ3n) is 3.37. The Morgan fingerprint density at radius 2 is 2.08 bits per heavy atom. The van der Waals surface area contributed by atoms with Crippen molar-refractivity contribution in [3.8, 4) is 0 Å². The molecule has 0 atom stereocenters. The number of hydrogen-bond acceptors (Lipinski definition) is 3. The summed E-state index contributed by atoms with van der Waals surface area (Å²) in [5, 5.41) is 7.94. The molecule has 120 valence electrons. The molecule has 6 heteroatoms. The van der Waals surface area contributed by atoms with E-state index in [2.05, 4.69) is 15.6 Å². The van der Waals surface area contributed by atoms with E-state index in [9.17, 15) is 9.18 Å². The Balaban J connectivity index is 1.66. The van der Waals surface area contributed by atoms with E-state index < -0.39 is 5.82 Å². The van der Waals surface area contributed by atoms with Gasteiger partial charge in [0.25, 0.3) is 5.91 Å². The molecule has 0 aliphatic rings. The van der Waals surface area contributed by atoms with E-state index in [0.717, 1.165) is 5.56 Å². The minimum atomic E-state index is -0.392. The summed E-state index contributed by atoms with van der Waals surface area (Å²) in [6.07, 6.45) is 4.83. The van der Waals surface area contributed by atoms with Gasteiger partial charge in [-0.2, -0.15) is 10.2 Å². The number of benzene rings is 2. The first-order valence-electron chi connectivity index (χ1n) is 7.37. The Bertz CT molecular complexity index is 859. The molecule has 0 unspecified atom stereocenters. The quantitative estimate of drug-likeness (QED) is 0.580. The summed E-state index contributed by atoms with van der Waals surface area (Å²) in [4.78, 5) is 12.1. The Morgan fingerprint density at radius 3 is 2.88 bits per heavy atom. The van der Waals surface area contributed by atoms with Crippen LogP contribution in [0.5, 0.6) is 0 Å². The molecule has 0 aliphatic heterocycles. The van der Waals surface area contributed by atoms with Crippen LogP contribution in [0.15, 0.2) is 72.1 Å². The van der Waals surface area contributed by atoms with E-state index >= 15 is 0 Å². The van der Waals surface area contributed by atoms with Gasteiger partial charge in [0.2, 0.25) is 0 Å². The minimum absolute atomic E-state index is 0.310. The smallest absolute Gasteiger partial charge is 0.268 e. The number of carbonyl (C=O) groups excluding carboxylic acids is 1. The van der Waals surface area contributed by atoms with Crippen molar-refractivity contribution in [2.45, 2.75) is 6.54 Å². The second-order valence-electron chi connectivity index (χ2n) is 5.12. The third-order valence-corrected chi connectivity index (χ3v) is 3.37. The highest BCUT2D eigenvalue weighted by molar-refractivity contribution is 5.95. The van der Waals surface area contributed by atoms with Crippen LogP contribution >= 0.6 is 0 Å². The SMILES string of the molecule is O=C(NN=Cc1ccccc1F)c1cccc(Cn2cccn2)c1. The fraction of sp³-hybridized carbons (Fsp3) is 0.0556. The van der Waals surface area contributed by atoms with Crippen molar-refractivity contribution in [1.29, 1.82) is 0 Å². The van der Waals surface area contributed by atoms with Crippen molar-refractivity contribution in [2.75, 3.05) is 0 Å². The van der Waals surface area contributed by atoms with Gasteiger partial charge in [-0.15, -0.1) is 0 Å². The zero-order chi connectivity index (χ0) is 16.8. The molecule has 2 aromatic carbocycles. The molecule has 1 N–H and O–H groups in total. The number of hydrogen-bond donors (Lipinski definition) is 1. The first-order valence-corrected chi connectivity index (χ1v) is 7.37. The number of halogens is 1. The molecular formula is C18H15FN4O. The summed E-state index contributed by atoms with van der Waals surface area (Å²) in [6.45, 7) is 0.576. The number of aromatic nitrogens is 2. The second kappa shape index (κ2) is 7.32. The van der Waals surface area contributed by atoms with E-state index in [1.807, 2.05) is 18.3 Å². The molecule has 1 aromatic heterocycles. The Morgan fingerprint density at radius 1 is 1.21 bits per heavy atom. The monoisotopic (exact) mass is 322 g/mol. The van der Waals surface area contributed by atoms with Crippen LogP contribution in [0.3, 0.4) is 0 Å². The van der Waals surface area contributed by atoms with Gasteiger partial charge in [0.05, 0.1) is 12.8 Å². The molecule has 24 heavy (non-hydrogen) atoms. The number of carbonyl (C=O) groups is 1. The van der Waals surface area contributed by atoms with Gasteiger partial charge < -0.3 is 0 Å². The van der Waals surface area contributed by atoms with Crippen molar-refractivity contribution < 1.29 is 9.18 Å². The van der Waals surface area contributed by atoms with Gasteiger partial charge in [-0.25, -0.2) is 9.82 Å².